The lowest BCUT2D eigenvalue weighted by atomic mass is 9.79. The van der Waals surface area contributed by atoms with E-state index < -0.39 is 5.97 Å². The molecule has 38 heavy (non-hydrogen) atoms. The van der Waals surface area contributed by atoms with Crippen LogP contribution in [0, 0.1) is 11.8 Å². The number of carbonyl (C=O) groups excluding carboxylic acids is 1. The Bertz CT molecular complexity index is 1100. The minimum Gasteiger partial charge on any atom is -0.481 e. The van der Waals surface area contributed by atoms with Crippen molar-refractivity contribution in [1.82, 2.24) is 15.0 Å². The number of carboxylic acids is 1. The highest BCUT2D eigenvalue weighted by molar-refractivity contribution is 6.10. The summed E-state index contributed by atoms with van der Waals surface area (Å²) >= 11 is 0. The summed E-state index contributed by atoms with van der Waals surface area (Å²) in [4.78, 5) is 39.2. The highest BCUT2D eigenvalue weighted by atomic mass is 16.5. The van der Waals surface area contributed by atoms with Crippen molar-refractivity contribution in [2.75, 3.05) is 30.4 Å². The number of rotatable bonds is 11. The van der Waals surface area contributed by atoms with Crippen LogP contribution >= 0.6 is 0 Å². The van der Waals surface area contributed by atoms with Gasteiger partial charge in [-0.1, -0.05) is 33.1 Å². The van der Waals surface area contributed by atoms with Crippen molar-refractivity contribution in [1.29, 1.82) is 0 Å². The molecule has 2 aromatic heterocycles. The number of unbranched alkanes of at least 4 members (excludes halogenated alkanes) is 2. The molecule has 1 amide bonds. The Kier molecular flexibility index (Phi) is 9.36. The van der Waals surface area contributed by atoms with E-state index in [1.807, 2.05) is 12.1 Å². The lowest BCUT2D eigenvalue weighted by Gasteiger charge is -2.27. The maximum Gasteiger partial charge on any atom is 0.321 e. The Morgan fingerprint density at radius 1 is 1.18 bits per heavy atom. The average molecular weight is 526 g/mol. The van der Waals surface area contributed by atoms with Gasteiger partial charge in [0.05, 0.1) is 25.0 Å². The molecule has 0 radical (unpaired) electrons. The van der Waals surface area contributed by atoms with Crippen molar-refractivity contribution < 1.29 is 24.2 Å². The Hall–Kier alpha value is -3.43. The maximum atomic E-state index is 13.4. The van der Waals surface area contributed by atoms with Crippen LogP contribution in [-0.2, 0) is 4.79 Å². The molecule has 206 valence electrons. The molecule has 10 heteroatoms. The third-order valence-corrected chi connectivity index (χ3v) is 7.36. The van der Waals surface area contributed by atoms with E-state index >= 15 is 0 Å². The number of nitrogen functional groups attached to an aromatic ring is 1. The van der Waals surface area contributed by atoms with Gasteiger partial charge >= 0.3 is 12.0 Å². The van der Waals surface area contributed by atoms with E-state index in [1.54, 1.807) is 11.1 Å². The summed E-state index contributed by atoms with van der Waals surface area (Å²) in [5.74, 6) is 0.349. The zero-order chi connectivity index (χ0) is 27.1. The van der Waals surface area contributed by atoms with Gasteiger partial charge in [-0.15, -0.1) is 0 Å². The fraction of sp³-hybridized carbons (Fsp3) is 0.607. The number of anilines is 2. The van der Waals surface area contributed by atoms with E-state index in [0.29, 0.717) is 30.7 Å². The summed E-state index contributed by atoms with van der Waals surface area (Å²) in [6.07, 6.45) is 9.88. The van der Waals surface area contributed by atoms with Crippen LogP contribution in [0.15, 0.2) is 18.3 Å². The lowest BCUT2D eigenvalue weighted by molar-refractivity contribution is -0.138. The van der Waals surface area contributed by atoms with E-state index in [1.165, 1.54) is 6.42 Å². The Balaban J connectivity index is 1.37. The van der Waals surface area contributed by atoms with Crippen LogP contribution in [0.25, 0.3) is 0 Å². The number of ether oxygens (including phenoxy) is 2. The van der Waals surface area contributed by atoms with Gasteiger partial charge in [-0.05, 0) is 56.1 Å². The molecule has 1 fully saturated rings. The minimum atomic E-state index is -0.731. The first kappa shape index (κ1) is 27.6. The quantitative estimate of drug-likeness (QED) is 0.394. The number of nitrogens with two attached hydrogens (primary N) is 1. The number of hydrogen-bond acceptors (Lipinski definition) is 8. The van der Waals surface area contributed by atoms with Crippen molar-refractivity contribution in [3.63, 3.8) is 0 Å². The molecule has 10 nitrogen and oxygen atoms in total. The van der Waals surface area contributed by atoms with Crippen molar-refractivity contribution in [2.45, 2.75) is 77.6 Å². The van der Waals surface area contributed by atoms with E-state index in [4.69, 9.17) is 20.3 Å². The van der Waals surface area contributed by atoms with Crippen molar-refractivity contribution in [3.8, 4) is 11.9 Å². The monoisotopic (exact) mass is 525 g/mol. The zero-order valence-electron chi connectivity index (χ0n) is 22.4. The lowest BCUT2D eigenvalue weighted by Crippen LogP contribution is -2.33. The first-order valence-electron chi connectivity index (χ1n) is 13.7. The Morgan fingerprint density at radius 3 is 2.66 bits per heavy atom. The molecule has 3 N–H and O–H groups in total. The fourth-order valence-electron chi connectivity index (χ4n) is 5.23. The molecule has 2 aliphatic rings. The molecule has 1 saturated carbocycles. The van der Waals surface area contributed by atoms with Crippen LogP contribution in [-0.4, -0.2) is 51.7 Å². The van der Waals surface area contributed by atoms with Crippen LogP contribution in [0.2, 0.25) is 0 Å². The van der Waals surface area contributed by atoms with E-state index in [-0.39, 0.29) is 48.1 Å². The van der Waals surface area contributed by atoms with Gasteiger partial charge in [0.1, 0.15) is 18.0 Å². The SMILES string of the molecule is CC(C)CCCCCOc1nc(N)c2c(n1)OCCN(c1ccc(C3CCC(CC(=O)O)CC3)nc1)C2=O. The molecule has 0 unspecified atom stereocenters. The van der Waals surface area contributed by atoms with Gasteiger partial charge in [0.15, 0.2) is 0 Å². The topological polar surface area (TPSA) is 141 Å². The highest BCUT2D eigenvalue weighted by Crippen LogP contribution is 2.37. The number of carbonyl (C=O) groups is 2. The molecular weight excluding hydrogens is 486 g/mol. The first-order valence-corrected chi connectivity index (χ1v) is 13.7. The van der Waals surface area contributed by atoms with Crippen LogP contribution < -0.4 is 20.1 Å². The average Bonchev–Trinajstić information content (AvgIpc) is 3.05. The largest absolute Gasteiger partial charge is 0.481 e. The maximum absolute atomic E-state index is 13.4. The summed E-state index contributed by atoms with van der Waals surface area (Å²) < 4.78 is 11.5. The van der Waals surface area contributed by atoms with Crippen LogP contribution in [0.1, 0.15) is 93.6 Å². The molecule has 1 aliphatic heterocycles. The van der Waals surface area contributed by atoms with Gasteiger partial charge in [0.2, 0.25) is 5.88 Å². The summed E-state index contributed by atoms with van der Waals surface area (Å²) in [6.45, 7) is 5.49. The number of aromatic nitrogens is 3. The van der Waals surface area contributed by atoms with Gasteiger partial charge in [-0.2, -0.15) is 9.97 Å². The molecule has 2 aromatic rings. The van der Waals surface area contributed by atoms with Gasteiger partial charge in [0, 0.05) is 18.0 Å². The van der Waals surface area contributed by atoms with Gasteiger partial charge in [0.25, 0.3) is 5.91 Å². The second-order valence-electron chi connectivity index (χ2n) is 10.7. The van der Waals surface area contributed by atoms with Crippen LogP contribution in [0.5, 0.6) is 11.9 Å². The molecule has 0 saturated heterocycles. The molecule has 0 bridgehead atoms. The standard InChI is InChI=1S/C28H39N5O5/c1-18(2)6-4-3-5-14-38-28-31-25(29)24-26(32-28)37-15-13-33(27(24)36)21-11-12-22(30-17-21)20-9-7-19(8-10-20)16-23(34)35/h11-12,17-20H,3-10,13-16H2,1-2H3,(H,34,35)(H2,29,31,32). The number of nitrogens with zero attached hydrogens (tertiary/aromatic N) is 4. The minimum absolute atomic E-state index is 0.0319. The van der Waals surface area contributed by atoms with Gasteiger partial charge < -0.3 is 25.2 Å². The molecule has 0 spiro atoms. The first-order chi connectivity index (χ1) is 18.3. The van der Waals surface area contributed by atoms with Crippen molar-refractivity contribution >= 4 is 23.4 Å². The molecule has 4 rings (SSSR count). The zero-order valence-corrected chi connectivity index (χ0v) is 22.4. The van der Waals surface area contributed by atoms with Crippen molar-refractivity contribution in [2.24, 2.45) is 11.8 Å². The third-order valence-electron chi connectivity index (χ3n) is 7.36. The second kappa shape index (κ2) is 12.9. The molecular formula is C28H39N5O5. The number of carboxylic acid groups (broad SMARTS) is 1. The van der Waals surface area contributed by atoms with Crippen LogP contribution in [0.3, 0.4) is 0 Å². The van der Waals surface area contributed by atoms with E-state index in [9.17, 15) is 9.59 Å². The summed E-state index contributed by atoms with van der Waals surface area (Å²) in [7, 11) is 0. The van der Waals surface area contributed by atoms with Crippen molar-refractivity contribution in [3.05, 3.63) is 29.6 Å². The fourth-order valence-corrected chi connectivity index (χ4v) is 5.23. The van der Waals surface area contributed by atoms with Crippen LogP contribution in [0.4, 0.5) is 11.5 Å². The smallest absolute Gasteiger partial charge is 0.321 e. The van der Waals surface area contributed by atoms with E-state index in [2.05, 4.69) is 28.8 Å². The highest BCUT2D eigenvalue weighted by Gasteiger charge is 2.31. The molecule has 3 heterocycles. The molecule has 0 aromatic carbocycles. The normalized spacial score (nSPS) is 19.6. The number of hydrogen-bond donors (Lipinski definition) is 2. The predicted molar refractivity (Wildman–Crippen MR) is 144 cm³/mol. The molecule has 1 aliphatic carbocycles. The summed E-state index contributed by atoms with van der Waals surface area (Å²) in [6, 6.07) is 3.97. The third kappa shape index (κ3) is 7.11. The number of fused-ring (bicyclic) bond motifs is 1. The number of aliphatic carboxylic acids is 1. The Morgan fingerprint density at radius 2 is 1.97 bits per heavy atom. The molecule has 0 atom stereocenters. The predicted octanol–water partition coefficient (Wildman–Crippen LogP) is 4.84. The van der Waals surface area contributed by atoms with Gasteiger partial charge in [-0.25, -0.2) is 0 Å². The second-order valence-corrected chi connectivity index (χ2v) is 10.7. The van der Waals surface area contributed by atoms with Gasteiger partial charge in [-0.3, -0.25) is 14.6 Å². The summed E-state index contributed by atoms with van der Waals surface area (Å²) in [5, 5.41) is 9.04. The Labute approximate surface area is 224 Å². The summed E-state index contributed by atoms with van der Waals surface area (Å²) in [5.41, 5.74) is 7.93. The number of amides is 1. The van der Waals surface area contributed by atoms with E-state index in [0.717, 1.165) is 50.6 Å². The number of pyridine rings is 1.